The first-order valence-corrected chi connectivity index (χ1v) is 10.8. The third-order valence-electron chi connectivity index (χ3n) is 4.73. The van der Waals surface area contributed by atoms with Gasteiger partial charge in [-0.3, -0.25) is 4.79 Å². The van der Waals surface area contributed by atoms with Crippen LogP contribution >= 0.6 is 11.3 Å². The van der Waals surface area contributed by atoms with E-state index in [4.69, 9.17) is 0 Å². The van der Waals surface area contributed by atoms with E-state index in [0.29, 0.717) is 10.7 Å². The normalized spacial score (nSPS) is 11.5. The van der Waals surface area contributed by atoms with Crippen LogP contribution in [0.2, 0.25) is 0 Å². The van der Waals surface area contributed by atoms with Gasteiger partial charge >= 0.3 is 6.36 Å². The molecule has 0 aliphatic rings. The van der Waals surface area contributed by atoms with Crippen LogP contribution in [0, 0.1) is 6.92 Å². The quantitative estimate of drug-likeness (QED) is 0.428. The van der Waals surface area contributed by atoms with Crippen molar-refractivity contribution in [2.75, 3.05) is 18.5 Å². The van der Waals surface area contributed by atoms with Crippen molar-refractivity contribution in [2.24, 2.45) is 0 Å². The lowest BCUT2D eigenvalue weighted by molar-refractivity contribution is -0.274. The zero-order chi connectivity index (χ0) is 23.6. The zero-order valence-corrected chi connectivity index (χ0v) is 18.6. The third kappa shape index (κ3) is 5.43. The standard InChI is InChI=1S/C22H20F3N5O2S/c1-14-19-20(30(28-14)16-6-4-3-5-7-16)27-21(33-19)29(2)13-18(31)26-12-15-8-10-17(11-9-15)32-22(23,24)25/h3-11H,12-13H2,1-2H3,(H,26,31). The van der Waals surface area contributed by atoms with E-state index in [1.54, 1.807) is 16.6 Å². The molecule has 2 aromatic heterocycles. The molecule has 0 saturated heterocycles. The van der Waals surface area contributed by atoms with Crippen LogP contribution in [0.1, 0.15) is 11.3 Å². The molecule has 0 fully saturated rings. The Balaban J connectivity index is 1.38. The number of hydrogen-bond acceptors (Lipinski definition) is 6. The summed E-state index contributed by atoms with van der Waals surface area (Å²) in [6.07, 6.45) is -4.74. The number of fused-ring (bicyclic) bond motifs is 1. The number of para-hydroxylation sites is 1. The molecule has 0 unspecified atom stereocenters. The maximum Gasteiger partial charge on any atom is 0.573 e. The number of ether oxygens (including phenoxy) is 1. The van der Waals surface area contributed by atoms with Gasteiger partial charge in [0, 0.05) is 13.6 Å². The molecular formula is C22H20F3N5O2S. The van der Waals surface area contributed by atoms with Crippen molar-refractivity contribution in [3.63, 3.8) is 0 Å². The Labute approximate surface area is 191 Å². The molecule has 33 heavy (non-hydrogen) atoms. The average Bonchev–Trinajstić information content (AvgIpc) is 3.33. The predicted octanol–water partition coefficient (Wildman–Crippen LogP) is 4.44. The molecule has 0 spiro atoms. The van der Waals surface area contributed by atoms with E-state index in [1.807, 2.05) is 37.3 Å². The summed E-state index contributed by atoms with van der Waals surface area (Å²) in [6.45, 7) is 2.17. The molecule has 2 heterocycles. The Morgan fingerprint density at radius 2 is 1.85 bits per heavy atom. The van der Waals surface area contributed by atoms with Crippen LogP contribution in [-0.4, -0.2) is 40.6 Å². The average molecular weight is 475 g/mol. The minimum absolute atomic E-state index is 0.0726. The van der Waals surface area contributed by atoms with Gasteiger partial charge < -0.3 is 15.0 Å². The SMILES string of the molecule is Cc1nn(-c2ccccc2)c2nc(N(C)CC(=O)NCc3ccc(OC(F)(F)F)cc3)sc12. The molecule has 0 saturated carbocycles. The van der Waals surface area contributed by atoms with Crippen molar-refractivity contribution in [1.29, 1.82) is 0 Å². The van der Waals surface area contributed by atoms with E-state index >= 15 is 0 Å². The summed E-state index contributed by atoms with van der Waals surface area (Å²) in [5, 5.41) is 8.00. The zero-order valence-electron chi connectivity index (χ0n) is 17.8. The lowest BCUT2D eigenvalue weighted by atomic mass is 10.2. The Kier molecular flexibility index (Phi) is 6.23. The summed E-state index contributed by atoms with van der Waals surface area (Å²) >= 11 is 1.46. The summed E-state index contributed by atoms with van der Waals surface area (Å²) in [5.41, 5.74) is 3.14. The molecule has 0 aliphatic heterocycles. The minimum atomic E-state index is -4.74. The van der Waals surface area contributed by atoms with Crippen molar-refractivity contribution in [1.82, 2.24) is 20.1 Å². The van der Waals surface area contributed by atoms with Gasteiger partial charge in [-0.05, 0) is 36.8 Å². The van der Waals surface area contributed by atoms with Gasteiger partial charge in [0.2, 0.25) is 5.91 Å². The van der Waals surface area contributed by atoms with Crippen LogP contribution in [0.25, 0.3) is 16.0 Å². The number of nitrogens with one attached hydrogen (secondary N) is 1. The van der Waals surface area contributed by atoms with Crippen molar-refractivity contribution >= 4 is 32.7 Å². The number of aryl methyl sites for hydroxylation is 1. The van der Waals surface area contributed by atoms with Gasteiger partial charge in [0.1, 0.15) is 5.75 Å². The van der Waals surface area contributed by atoms with Gasteiger partial charge in [0.15, 0.2) is 10.8 Å². The molecule has 4 rings (SSSR count). The maximum absolute atomic E-state index is 12.4. The Morgan fingerprint density at radius 3 is 2.52 bits per heavy atom. The van der Waals surface area contributed by atoms with Crippen LogP contribution in [0.4, 0.5) is 18.3 Å². The van der Waals surface area contributed by atoms with Gasteiger partial charge in [0.25, 0.3) is 0 Å². The Morgan fingerprint density at radius 1 is 1.15 bits per heavy atom. The molecule has 0 bridgehead atoms. The molecule has 0 atom stereocenters. The van der Waals surface area contributed by atoms with Crippen LogP contribution in [-0.2, 0) is 11.3 Å². The first-order valence-electron chi connectivity index (χ1n) is 9.94. The van der Waals surface area contributed by atoms with Crippen molar-refractivity contribution in [3.05, 3.63) is 65.9 Å². The van der Waals surface area contributed by atoms with Gasteiger partial charge in [-0.25, -0.2) is 4.68 Å². The molecule has 4 aromatic rings. The number of halogens is 3. The van der Waals surface area contributed by atoms with Crippen LogP contribution in [0.5, 0.6) is 5.75 Å². The highest BCUT2D eigenvalue weighted by atomic mass is 32.1. The summed E-state index contributed by atoms with van der Waals surface area (Å²) < 4.78 is 43.3. The van der Waals surface area contributed by atoms with Crippen molar-refractivity contribution in [2.45, 2.75) is 19.8 Å². The number of carbonyl (C=O) groups excluding carboxylic acids is 1. The van der Waals surface area contributed by atoms with E-state index < -0.39 is 6.36 Å². The Bertz CT molecular complexity index is 1250. The number of alkyl halides is 3. The van der Waals surface area contributed by atoms with Crippen LogP contribution in [0.15, 0.2) is 54.6 Å². The smallest absolute Gasteiger partial charge is 0.406 e. The minimum Gasteiger partial charge on any atom is -0.406 e. The maximum atomic E-state index is 12.4. The number of benzene rings is 2. The fourth-order valence-electron chi connectivity index (χ4n) is 3.18. The molecule has 7 nitrogen and oxygen atoms in total. The largest absolute Gasteiger partial charge is 0.573 e. The van der Waals surface area contributed by atoms with Crippen molar-refractivity contribution in [3.8, 4) is 11.4 Å². The Hall–Kier alpha value is -3.60. The second-order valence-corrected chi connectivity index (χ2v) is 8.28. The second-order valence-electron chi connectivity index (χ2n) is 7.31. The van der Waals surface area contributed by atoms with Crippen LogP contribution in [0.3, 0.4) is 0 Å². The molecule has 11 heteroatoms. The topological polar surface area (TPSA) is 72.3 Å². The molecule has 172 valence electrons. The van der Waals surface area contributed by atoms with Gasteiger partial charge in [-0.2, -0.15) is 10.1 Å². The van der Waals surface area contributed by atoms with Crippen LogP contribution < -0.4 is 15.0 Å². The number of hydrogen-bond donors (Lipinski definition) is 1. The van der Waals surface area contributed by atoms with E-state index in [9.17, 15) is 18.0 Å². The number of aromatic nitrogens is 3. The number of likely N-dealkylation sites (N-methyl/N-ethyl adjacent to an activating group) is 1. The van der Waals surface area contributed by atoms with Gasteiger partial charge in [0.05, 0.1) is 22.6 Å². The fraction of sp³-hybridized carbons (Fsp3) is 0.227. The number of amides is 1. The highest BCUT2D eigenvalue weighted by molar-refractivity contribution is 7.22. The van der Waals surface area contributed by atoms with Crippen molar-refractivity contribution < 1.29 is 22.7 Å². The number of anilines is 1. The molecule has 1 amide bonds. The summed E-state index contributed by atoms with van der Waals surface area (Å²) in [5.74, 6) is -0.550. The highest BCUT2D eigenvalue weighted by Crippen LogP contribution is 2.32. The second kappa shape index (κ2) is 9.10. The number of rotatable bonds is 7. The molecular weight excluding hydrogens is 455 g/mol. The number of thiazole rings is 1. The monoisotopic (exact) mass is 475 g/mol. The lowest BCUT2D eigenvalue weighted by Gasteiger charge is -2.15. The van der Waals surface area contributed by atoms with Gasteiger partial charge in [-0.15, -0.1) is 13.2 Å². The summed E-state index contributed by atoms with van der Waals surface area (Å²) in [7, 11) is 1.77. The molecule has 2 aromatic carbocycles. The lowest BCUT2D eigenvalue weighted by Crippen LogP contribution is -2.34. The molecule has 0 radical (unpaired) electrons. The molecule has 1 N–H and O–H groups in total. The third-order valence-corrected chi connectivity index (χ3v) is 6.00. The fourth-order valence-corrected chi connectivity index (χ4v) is 4.13. The van der Waals surface area contributed by atoms with E-state index in [0.717, 1.165) is 21.7 Å². The van der Waals surface area contributed by atoms with E-state index in [1.165, 1.54) is 35.6 Å². The molecule has 0 aliphatic carbocycles. The van der Waals surface area contributed by atoms with Gasteiger partial charge in [-0.1, -0.05) is 41.7 Å². The highest BCUT2D eigenvalue weighted by Gasteiger charge is 2.31. The van der Waals surface area contributed by atoms with E-state index in [-0.39, 0.29) is 24.7 Å². The first-order chi connectivity index (χ1) is 15.7. The first kappa shape index (κ1) is 22.6. The number of nitrogens with zero attached hydrogens (tertiary/aromatic N) is 4. The summed E-state index contributed by atoms with van der Waals surface area (Å²) in [4.78, 5) is 18.8. The predicted molar refractivity (Wildman–Crippen MR) is 120 cm³/mol. The van der Waals surface area contributed by atoms with E-state index in [2.05, 4.69) is 20.1 Å². The number of carbonyl (C=O) groups is 1. The summed E-state index contributed by atoms with van der Waals surface area (Å²) in [6, 6.07) is 15.0.